The molecule has 1 N–H and O–H groups in total. The van der Waals surface area contributed by atoms with Crippen molar-refractivity contribution in [2.75, 3.05) is 19.6 Å². The second-order valence-electron chi connectivity index (χ2n) is 6.66. The molecule has 0 aromatic carbocycles. The van der Waals surface area contributed by atoms with E-state index in [0.29, 0.717) is 18.0 Å². The summed E-state index contributed by atoms with van der Waals surface area (Å²) < 4.78 is 10.6. The fraction of sp³-hybridized carbons (Fsp3) is 0.556. The molecule has 0 bridgehead atoms. The molecule has 2 aromatic rings. The highest BCUT2D eigenvalue weighted by molar-refractivity contribution is 5.78. The first kappa shape index (κ1) is 16.8. The third-order valence-corrected chi connectivity index (χ3v) is 4.64. The molecule has 6 heteroatoms. The molecule has 24 heavy (non-hydrogen) atoms. The molecule has 1 unspecified atom stereocenters. The van der Waals surface area contributed by atoms with Gasteiger partial charge in [-0.3, -0.25) is 9.69 Å². The zero-order chi connectivity index (χ0) is 16.9. The molecule has 0 radical (unpaired) electrons. The van der Waals surface area contributed by atoms with Crippen LogP contribution in [-0.4, -0.2) is 35.6 Å². The van der Waals surface area contributed by atoms with Crippen LogP contribution in [0.4, 0.5) is 0 Å². The summed E-state index contributed by atoms with van der Waals surface area (Å²) in [4.78, 5) is 14.6. The van der Waals surface area contributed by atoms with Crippen LogP contribution in [0.2, 0.25) is 0 Å². The maximum absolute atomic E-state index is 12.2. The van der Waals surface area contributed by atoms with E-state index in [1.54, 1.807) is 12.3 Å². The molecule has 1 amide bonds. The number of carbonyl (C=O) groups excluding carboxylic acids is 1. The number of nitrogens with one attached hydrogen (secondary N) is 1. The molecule has 0 spiro atoms. The fourth-order valence-corrected chi connectivity index (χ4v) is 3.17. The van der Waals surface area contributed by atoms with Crippen LogP contribution in [0.3, 0.4) is 0 Å². The van der Waals surface area contributed by atoms with Crippen molar-refractivity contribution in [3.8, 4) is 0 Å². The van der Waals surface area contributed by atoms with E-state index in [2.05, 4.69) is 22.3 Å². The van der Waals surface area contributed by atoms with Crippen LogP contribution in [0.1, 0.15) is 43.0 Å². The van der Waals surface area contributed by atoms with E-state index in [1.165, 1.54) is 12.8 Å². The van der Waals surface area contributed by atoms with E-state index in [-0.39, 0.29) is 18.4 Å². The molecular formula is C18H25N3O3. The minimum atomic E-state index is -0.0507. The molecular weight excluding hydrogens is 306 g/mol. The summed E-state index contributed by atoms with van der Waals surface area (Å²) in [6.07, 6.45) is 4.29. The standard InChI is InChI=1S/C18H25N3O3/c1-13-5-7-21(8-6-13)16(17-4-3-9-23-17)12-19-18(22)11-15-10-14(2)24-20-15/h3-4,9-10,13,16H,5-8,11-12H2,1-2H3,(H,19,22). The Morgan fingerprint density at radius 3 is 2.88 bits per heavy atom. The Morgan fingerprint density at radius 1 is 1.46 bits per heavy atom. The largest absolute Gasteiger partial charge is 0.468 e. The average Bonchev–Trinajstić information content (AvgIpc) is 3.21. The van der Waals surface area contributed by atoms with Gasteiger partial charge in [-0.1, -0.05) is 12.1 Å². The summed E-state index contributed by atoms with van der Waals surface area (Å²) in [6, 6.07) is 5.75. The molecule has 0 saturated carbocycles. The van der Waals surface area contributed by atoms with E-state index in [4.69, 9.17) is 8.94 Å². The number of aryl methyl sites for hydroxylation is 1. The first-order valence-corrected chi connectivity index (χ1v) is 8.58. The number of amides is 1. The Morgan fingerprint density at radius 2 is 2.25 bits per heavy atom. The second-order valence-corrected chi connectivity index (χ2v) is 6.66. The Hall–Kier alpha value is -2.08. The third-order valence-electron chi connectivity index (χ3n) is 4.64. The fourth-order valence-electron chi connectivity index (χ4n) is 3.17. The highest BCUT2D eigenvalue weighted by Gasteiger charge is 2.26. The van der Waals surface area contributed by atoms with Crippen LogP contribution in [0.25, 0.3) is 0 Å². The Kier molecular flexibility index (Phi) is 5.35. The number of nitrogens with zero attached hydrogens (tertiary/aromatic N) is 2. The highest BCUT2D eigenvalue weighted by atomic mass is 16.5. The van der Waals surface area contributed by atoms with Gasteiger partial charge in [0.1, 0.15) is 11.5 Å². The summed E-state index contributed by atoms with van der Waals surface area (Å²) >= 11 is 0. The smallest absolute Gasteiger partial charge is 0.226 e. The van der Waals surface area contributed by atoms with Gasteiger partial charge in [-0.2, -0.15) is 0 Å². The van der Waals surface area contributed by atoms with Gasteiger partial charge in [-0.15, -0.1) is 0 Å². The van der Waals surface area contributed by atoms with Crippen LogP contribution < -0.4 is 5.32 Å². The van der Waals surface area contributed by atoms with Crippen molar-refractivity contribution < 1.29 is 13.7 Å². The van der Waals surface area contributed by atoms with E-state index >= 15 is 0 Å². The number of carbonyl (C=O) groups is 1. The number of piperidine rings is 1. The SMILES string of the molecule is Cc1cc(CC(=O)NCC(c2ccco2)N2CCC(C)CC2)no1. The quantitative estimate of drug-likeness (QED) is 0.881. The van der Waals surface area contributed by atoms with E-state index in [1.807, 2.05) is 19.1 Å². The molecule has 1 saturated heterocycles. The maximum atomic E-state index is 12.2. The van der Waals surface area contributed by atoms with Crippen LogP contribution in [0, 0.1) is 12.8 Å². The normalized spacial score (nSPS) is 17.8. The number of aromatic nitrogens is 1. The molecule has 3 rings (SSSR count). The summed E-state index contributed by atoms with van der Waals surface area (Å²) in [5.41, 5.74) is 0.659. The summed E-state index contributed by atoms with van der Waals surface area (Å²) in [5, 5.41) is 6.88. The molecule has 1 aliphatic heterocycles. The van der Waals surface area contributed by atoms with E-state index < -0.39 is 0 Å². The minimum Gasteiger partial charge on any atom is -0.468 e. The van der Waals surface area contributed by atoms with Gasteiger partial charge in [-0.05, 0) is 50.9 Å². The molecule has 1 aliphatic rings. The van der Waals surface area contributed by atoms with Crippen molar-refractivity contribution in [1.82, 2.24) is 15.4 Å². The number of likely N-dealkylation sites (tertiary alicyclic amines) is 1. The van der Waals surface area contributed by atoms with Crippen LogP contribution in [0.5, 0.6) is 0 Å². The van der Waals surface area contributed by atoms with Gasteiger partial charge < -0.3 is 14.3 Å². The maximum Gasteiger partial charge on any atom is 0.226 e. The lowest BCUT2D eigenvalue weighted by atomic mass is 9.97. The van der Waals surface area contributed by atoms with Crippen LogP contribution in [0.15, 0.2) is 33.4 Å². The molecule has 2 aromatic heterocycles. The Labute approximate surface area is 142 Å². The van der Waals surface area contributed by atoms with E-state index in [9.17, 15) is 4.79 Å². The molecule has 0 aliphatic carbocycles. The van der Waals surface area contributed by atoms with Gasteiger partial charge in [0.2, 0.25) is 5.91 Å². The average molecular weight is 331 g/mol. The van der Waals surface area contributed by atoms with Gasteiger partial charge in [0, 0.05) is 12.6 Å². The van der Waals surface area contributed by atoms with E-state index in [0.717, 1.165) is 24.8 Å². The van der Waals surface area contributed by atoms with Crippen molar-refractivity contribution >= 4 is 5.91 Å². The van der Waals surface area contributed by atoms with Gasteiger partial charge in [0.25, 0.3) is 0 Å². The lowest BCUT2D eigenvalue weighted by Gasteiger charge is -2.35. The Bertz CT molecular complexity index is 642. The van der Waals surface area contributed by atoms with Gasteiger partial charge >= 0.3 is 0 Å². The van der Waals surface area contributed by atoms with Crippen molar-refractivity contribution in [2.45, 2.75) is 39.2 Å². The number of hydrogen-bond donors (Lipinski definition) is 1. The number of hydrogen-bond acceptors (Lipinski definition) is 5. The second kappa shape index (κ2) is 7.66. The van der Waals surface area contributed by atoms with Crippen molar-refractivity contribution in [2.24, 2.45) is 5.92 Å². The lowest BCUT2D eigenvalue weighted by molar-refractivity contribution is -0.120. The molecule has 130 valence electrons. The zero-order valence-corrected chi connectivity index (χ0v) is 14.3. The third kappa shape index (κ3) is 4.26. The summed E-state index contributed by atoms with van der Waals surface area (Å²) in [5.74, 6) is 2.34. The van der Waals surface area contributed by atoms with Gasteiger partial charge in [0.05, 0.1) is 24.4 Å². The predicted molar refractivity (Wildman–Crippen MR) is 89.4 cm³/mol. The molecule has 1 fully saturated rings. The van der Waals surface area contributed by atoms with Crippen molar-refractivity contribution in [3.05, 3.63) is 41.7 Å². The molecule has 1 atom stereocenters. The first-order valence-electron chi connectivity index (χ1n) is 8.58. The van der Waals surface area contributed by atoms with Crippen LogP contribution in [-0.2, 0) is 11.2 Å². The number of furan rings is 1. The van der Waals surface area contributed by atoms with Crippen molar-refractivity contribution in [3.63, 3.8) is 0 Å². The molecule has 3 heterocycles. The minimum absolute atomic E-state index is 0.0507. The Balaban J connectivity index is 1.58. The van der Waals surface area contributed by atoms with Crippen molar-refractivity contribution in [1.29, 1.82) is 0 Å². The first-order chi connectivity index (χ1) is 11.6. The van der Waals surface area contributed by atoms with Gasteiger partial charge in [0.15, 0.2) is 0 Å². The number of rotatable bonds is 6. The van der Waals surface area contributed by atoms with Gasteiger partial charge in [-0.25, -0.2) is 0 Å². The molecule has 6 nitrogen and oxygen atoms in total. The zero-order valence-electron chi connectivity index (χ0n) is 14.3. The van der Waals surface area contributed by atoms with Crippen LogP contribution >= 0.6 is 0 Å². The summed E-state index contributed by atoms with van der Waals surface area (Å²) in [6.45, 7) is 6.72. The lowest BCUT2D eigenvalue weighted by Crippen LogP contribution is -2.42. The topological polar surface area (TPSA) is 71.5 Å². The highest BCUT2D eigenvalue weighted by Crippen LogP contribution is 2.26. The predicted octanol–water partition coefficient (Wildman–Crippen LogP) is 2.71. The summed E-state index contributed by atoms with van der Waals surface area (Å²) in [7, 11) is 0. The monoisotopic (exact) mass is 331 g/mol.